The summed E-state index contributed by atoms with van der Waals surface area (Å²) in [7, 11) is 1.83. The highest BCUT2D eigenvalue weighted by molar-refractivity contribution is 14.0. The molecule has 1 aromatic carbocycles. The number of benzene rings is 1. The van der Waals surface area contributed by atoms with E-state index >= 15 is 0 Å². The number of fused-ring (bicyclic) bond motifs is 2. The number of halogens is 1. The number of ether oxygens (including phenoxy) is 2. The van der Waals surface area contributed by atoms with Crippen molar-refractivity contribution in [3.63, 3.8) is 0 Å². The Balaban J connectivity index is 0.00000196. The van der Waals surface area contributed by atoms with Crippen LogP contribution in [0.3, 0.4) is 0 Å². The van der Waals surface area contributed by atoms with Gasteiger partial charge in [-0.05, 0) is 30.9 Å². The Labute approximate surface area is 172 Å². The van der Waals surface area contributed by atoms with Crippen molar-refractivity contribution in [1.82, 2.24) is 10.6 Å². The van der Waals surface area contributed by atoms with Gasteiger partial charge in [-0.25, -0.2) is 0 Å². The summed E-state index contributed by atoms with van der Waals surface area (Å²) in [6, 6.07) is 8.97. The predicted octanol–water partition coefficient (Wildman–Crippen LogP) is 2.13. The van der Waals surface area contributed by atoms with Crippen LogP contribution in [0.15, 0.2) is 29.3 Å². The van der Waals surface area contributed by atoms with E-state index in [2.05, 4.69) is 44.8 Å². The number of para-hydroxylation sites is 1. The first kappa shape index (κ1) is 19.7. The van der Waals surface area contributed by atoms with Gasteiger partial charge < -0.3 is 25.0 Å². The maximum absolute atomic E-state index is 5.93. The van der Waals surface area contributed by atoms with E-state index in [4.69, 9.17) is 9.47 Å². The summed E-state index contributed by atoms with van der Waals surface area (Å²) in [6.45, 7) is 4.26. The lowest BCUT2D eigenvalue weighted by Crippen LogP contribution is -2.47. The van der Waals surface area contributed by atoms with Crippen LogP contribution in [0.5, 0.6) is 0 Å². The number of nitrogens with one attached hydrogen (secondary N) is 2. The van der Waals surface area contributed by atoms with Gasteiger partial charge in [0.1, 0.15) is 0 Å². The van der Waals surface area contributed by atoms with Crippen molar-refractivity contribution in [2.24, 2.45) is 4.99 Å². The molecule has 3 unspecified atom stereocenters. The molecule has 6 nitrogen and oxygen atoms in total. The summed E-state index contributed by atoms with van der Waals surface area (Å²) < 4.78 is 11.4. The number of hydrogen-bond donors (Lipinski definition) is 2. The van der Waals surface area contributed by atoms with Crippen molar-refractivity contribution in [2.45, 2.75) is 44.1 Å². The number of guanidine groups is 1. The number of hydrogen-bond acceptors (Lipinski definition) is 4. The van der Waals surface area contributed by atoms with E-state index in [1.807, 2.05) is 7.05 Å². The fourth-order valence-corrected chi connectivity index (χ4v) is 4.11. The fraction of sp³-hybridized carbons (Fsp3) is 0.632. The second-order valence-corrected chi connectivity index (χ2v) is 7.01. The highest BCUT2D eigenvalue weighted by Gasteiger charge is 2.41. The van der Waals surface area contributed by atoms with E-state index in [-0.39, 0.29) is 24.0 Å². The average Bonchev–Trinajstić information content (AvgIpc) is 3.29. The van der Waals surface area contributed by atoms with Gasteiger partial charge in [0.05, 0.1) is 31.5 Å². The van der Waals surface area contributed by atoms with Crippen molar-refractivity contribution in [3.8, 4) is 0 Å². The zero-order chi connectivity index (χ0) is 17.1. The molecule has 144 valence electrons. The van der Waals surface area contributed by atoms with Gasteiger partial charge >= 0.3 is 0 Å². The molecule has 0 aromatic heterocycles. The molecule has 0 radical (unpaired) electrons. The quantitative estimate of drug-likeness (QED) is 0.400. The molecule has 3 atom stereocenters. The maximum atomic E-state index is 5.93. The third-order valence-electron chi connectivity index (χ3n) is 5.44. The highest BCUT2D eigenvalue weighted by Crippen LogP contribution is 2.34. The van der Waals surface area contributed by atoms with E-state index in [1.54, 1.807) is 0 Å². The zero-order valence-corrected chi connectivity index (χ0v) is 17.6. The second-order valence-electron chi connectivity index (χ2n) is 7.01. The Kier molecular flexibility index (Phi) is 6.99. The summed E-state index contributed by atoms with van der Waals surface area (Å²) in [5.74, 6) is 0.859. The first-order chi connectivity index (χ1) is 12.3. The average molecular weight is 472 g/mol. The predicted molar refractivity (Wildman–Crippen MR) is 115 cm³/mol. The Hall–Kier alpha value is -1.06. The molecule has 3 aliphatic heterocycles. The molecule has 3 aliphatic rings. The Morgan fingerprint density at radius 3 is 2.73 bits per heavy atom. The van der Waals surface area contributed by atoms with Gasteiger partial charge in [0.15, 0.2) is 5.96 Å². The number of aliphatic imine (C=N–C) groups is 1. The monoisotopic (exact) mass is 472 g/mol. The molecule has 2 N–H and O–H groups in total. The summed E-state index contributed by atoms with van der Waals surface area (Å²) in [5, 5.41) is 7.02. The SMILES string of the molecule is CN=C(NCc1ccccc1N1CCOCC1)NC1CC2CCC1O2.I. The van der Waals surface area contributed by atoms with Crippen LogP contribution in [0.4, 0.5) is 5.69 Å². The molecule has 3 fully saturated rings. The van der Waals surface area contributed by atoms with Crippen LogP contribution in [0.25, 0.3) is 0 Å². The fourth-order valence-electron chi connectivity index (χ4n) is 4.11. The molecule has 0 aliphatic carbocycles. The molecular formula is C19H29IN4O2. The normalized spacial score (nSPS) is 28.0. The molecule has 3 heterocycles. The van der Waals surface area contributed by atoms with Crippen LogP contribution in [-0.4, -0.2) is 57.6 Å². The van der Waals surface area contributed by atoms with Crippen LogP contribution in [-0.2, 0) is 16.0 Å². The third kappa shape index (κ3) is 4.43. The van der Waals surface area contributed by atoms with E-state index in [0.717, 1.165) is 45.2 Å². The van der Waals surface area contributed by atoms with Crippen LogP contribution < -0.4 is 15.5 Å². The van der Waals surface area contributed by atoms with Crippen LogP contribution in [0, 0.1) is 0 Å². The number of nitrogens with zero attached hydrogens (tertiary/aromatic N) is 2. The van der Waals surface area contributed by atoms with Gasteiger partial charge in [-0.2, -0.15) is 0 Å². The first-order valence-electron chi connectivity index (χ1n) is 9.37. The van der Waals surface area contributed by atoms with Crippen molar-refractivity contribution in [2.75, 3.05) is 38.3 Å². The third-order valence-corrected chi connectivity index (χ3v) is 5.44. The molecule has 7 heteroatoms. The molecule has 0 saturated carbocycles. The lowest BCUT2D eigenvalue weighted by molar-refractivity contribution is 0.0992. The Morgan fingerprint density at radius 1 is 1.23 bits per heavy atom. The van der Waals surface area contributed by atoms with Gasteiger partial charge in [0.25, 0.3) is 0 Å². The van der Waals surface area contributed by atoms with Gasteiger partial charge in [0.2, 0.25) is 0 Å². The molecule has 3 saturated heterocycles. The summed E-state index contributed by atoms with van der Waals surface area (Å²) in [4.78, 5) is 6.80. The van der Waals surface area contributed by atoms with Crippen molar-refractivity contribution >= 4 is 35.6 Å². The number of rotatable bonds is 4. The van der Waals surface area contributed by atoms with E-state index in [9.17, 15) is 0 Å². The minimum atomic E-state index is 0. The van der Waals surface area contributed by atoms with E-state index < -0.39 is 0 Å². The van der Waals surface area contributed by atoms with Crippen LogP contribution in [0.2, 0.25) is 0 Å². The minimum Gasteiger partial charge on any atom is -0.378 e. The standard InChI is InChI=1S/C19H28N4O2.HI/c1-20-19(22-16-12-15-6-7-18(16)25-15)21-13-14-4-2-3-5-17(14)23-8-10-24-11-9-23;/h2-5,15-16,18H,6-13H2,1H3,(H2,20,21,22);1H. The van der Waals surface area contributed by atoms with Gasteiger partial charge in [-0.15, -0.1) is 24.0 Å². The Morgan fingerprint density at radius 2 is 2.04 bits per heavy atom. The van der Waals surface area contributed by atoms with Crippen molar-refractivity contribution < 1.29 is 9.47 Å². The van der Waals surface area contributed by atoms with Gasteiger partial charge in [-0.3, -0.25) is 4.99 Å². The number of anilines is 1. The molecule has 26 heavy (non-hydrogen) atoms. The Bertz CT molecular complexity index is 621. The highest BCUT2D eigenvalue weighted by atomic mass is 127. The molecule has 0 spiro atoms. The van der Waals surface area contributed by atoms with E-state index in [1.165, 1.54) is 24.1 Å². The minimum absolute atomic E-state index is 0. The van der Waals surface area contributed by atoms with Crippen molar-refractivity contribution in [3.05, 3.63) is 29.8 Å². The smallest absolute Gasteiger partial charge is 0.191 e. The molecule has 4 rings (SSSR count). The molecule has 2 bridgehead atoms. The number of morpholine rings is 1. The summed E-state index contributed by atoms with van der Waals surface area (Å²) >= 11 is 0. The molecular weight excluding hydrogens is 443 g/mol. The van der Waals surface area contributed by atoms with Gasteiger partial charge in [-0.1, -0.05) is 18.2 Å². The zero-order valence-electron chi connectivity index (χ0n) is 15.3. The molecule has 0 amide bonds. The largest absolute Gasteiger partial charge is 0.378 e. The van der Waals surface area contributed by atoms with Gasteiger partial charge in [0, 0.05) is 32.4 Å². The van der Waals surface area contributed by atoms with Crippen LogP contribution >= 0.6 is 24.0 Å². The second kappa shape index (κ2) is 9.23. The van der Waals surface area contributed by atoms with Crippen LogP contribution in [0.1, 0.15) is 24.8 Å². The van der Waals surface area contributed by atoms with Crippen molar-refractivity contribution in [1.29, 1.82) is 0 Å². The lowest BCUT2D eigenvalue weighted by atomic mass is 9.96. The lowest BCUT2D eigenvalue weighted by Gasteiger charge is -2.31. The summed E-state index contributed by atoms with van der Waals surface area (Å²) in [6.07, 6.45) is 4.27. The first-order valence-corrected chi connectivity index (χ1v) is 9.37. The molecule has 1 aromatic rings. The maximum Gasteiger partial charge on any atom is 0.191 e. The summed E-state index contributed by atoms with van der Waals surface area (Å²) in [5.41, 5.74) is 2.58. The van der Waals surface area contributed by atoms with E-state index in [0.29, 0.717) is 18.2 Å². The topological polar surface area (TPSA) is 58.1 Å².